The molecular formula is C19H19FN4O3. The Hall–Kier alpha value is -3.29. The third kappa shape index (κ3) is 3.14. The molecule has 0 saturated heterocycles. The first-order valence-electron chi connectivity index (χ1n) is 8.38. The average Bonchev–Trinajstić information content (AvgIpc) is 2.64. The van der Waals surface area contributed by atoms with Crippen molar-refractivity contribution in [1.29, 1.82) is 0 Å². The summed E-state index contributed by atoms with van der Waals surface area (Å²) in [6, 6.07) is 5.09. The molecule has 8 heteroatoms. The molecule has 1 amide bonds. The lowest BCUT2D eigenvalue weighted by Gasteiger charge is -2.17. The zero-order chi connectivity index (χ0) is 19.9. The summed E-state index contributed by atoms with van der Waals surface area (Å²) in [5, 5.41) is 2.91. The molecule has 1 aromatic carbocycles. The Morgan fingerprint density at radius 3 is 2.33 bits per heavy atom. The predicted molar refractivity (Wildman–Crippen MR) is 101 cm³/mol. The fraction of sp³-hybridized carbons (Fsp3) is 0.263. The molecule has 2 heterocycles. The third-order valence-electron chi connectivity index (χ3n) is 4.47. The van der Waals surface area contributed by atoms with E-state index in [0.717, 1.165) is 4.57 Å². The molecule has 140 valence electrons. The SMILES string of the molecule is CC(C)c1cnc2c(c1NC(=O)c1ccc(F)cc1)c(=O)n(C)c(=O)n2C. The van der Waals surface area contributed by atoms with Crippen LogP contribution in [0.15, 0.2) is 40.1 Å². The van der Waals surface area contributed by atoms with Crippen LogP contribution < -0.4 is 16.6 Å². The Bertz CT molecular complexity index is 1160. The molecular weight excluding hydrogens is 351 g/mol. The normalized spacial score (nSPS) is 11.2. The summed E-state index contributed by atoms with van der Waals surface area (Å²) in [6.45, 7) is 3.81. The van der Waals surface area contributed by atoms with Crippen molar-refractivity contribution in [3.05, 3.63) is 68.2 Å². The number of amides is 1. The fourth-order valence-corrected chi connectivity index (χ4v) is 2.90. The molecule has 0 spiro atoms. The van der Waals surface area contributed by atoms with Crippen molar-refractivity contribution in [1.82, 2.24) is 14.1 Å². The summed E-state index contributed by atoms with van der Waals surface area (Å²) < 4.78 is 15.4. The Morgan fingerprint density at radius 2 is 1.74 bits per heavy atom. The second-order valence-electron chi connectivity index (χ2n) is 6.61. The molecule has 1 N–H and O–H groups in total. The first-order chi connectivity index (χ1) is 12.7. The number of aromatic nitrogens is 3. The number of fused-ring (bicyclic) bond motifs is 1. The number of nitrogens with zero attached hydrogens (tertiary/aromatic N) is 3. The number of halogens is 1. The fourth-order valence-electron chi connectivity index (χ4n) is 2.90. The number of hydrogen-bond donors (Lipinski definition) is 1. The number of anilines is 1. The van der Waals surface area contributed by atoms with E-state index < -0.39 is 23.0 Å². The predicted octanol–water partition coefficient (Wildman–Crippen LogP) is 2.15. The molecule has 3 rings (SSSR count). The van der Waals surface area contributed by atoms with Crippen LogP contribution in [0.25, 0.3) is 11.0 Å². The highest BCUT2D eigenvalue weighted by Gasteiger charge is 2.20. The van der Waals surface area contributed by atoms with Crippen LogP contribution in [0.1, 0.15) is 35.7 Å². The molecule has 0 aliphatic heterocycles. The van der Waals surface area contributed by atoms with E-state index in [9.17, 15) is 18.8 Å². The van der Waals surface area contributed by atoms with Gasteiger partial charge in [-0.15, -0.1) is 0 Å². The van der Waals surface area contributed by atoms with E-state index in [0.29, 0.717) is 11.3 Å². The van der Waals surface area contributed by atoms with Crippen molar-refractivity contribution in [3.63, 3.8) is 0 Å². The van der Waals surface area contributed by atoms with Crippen LogP contribution in [0.4, 0.5) is 10.1 Å². The zero-order valence-corrected chi connectivity index (χ0v) is 15.4. The van der Waals surface area contributed by atoms with Gasteiger partial charge in [-0.25, -0.2) is 14.2 Å². The van der Waals surface area contributed by atoms with Gasteiger partial charge in [0, 0.05) is 25.9 Å². The Kier molecular flexibility index (Phi) is 4.65. The van der Waals surface area contributed by atoms with Gasteiger partial charge in [0.1, 0.15) is 11.2 Å². The monoisotopic (exact) mass is 370 g/mol. The summed E-state index contributed by atoms with van der Waals surface area (Å²) in [6.07, 6.45) is 1.55. The number of hydrogen-bond acceptors (Lipinski definition) is 4. The standard InChI is InChI=1S/C19H19FN4O3/c1-10(2)13-9-21-16-14(18(26)24(4)19(27)23(16)3)15(13)22-17(25)11-5-7-12(20)8-6-11/h5-10H,1-4H3,(H,21,22,25). The highest BCUT2D eigenvalue weighted by atomic mass is 19.1. The van der Waals surface area contributed by atoms with Gasteiger partial charge in [-0.05, 0) is 35.7 Å². The maximum atomic E-state index is 13.1. The number of pyridine rings is 1. The highest BCUT2D eigenvalue weighted by Crippen LogP contribution is 2.29. The first kappa shape index (κ1) is 18.5. The van der Waals surface area contributed by atoms with Crippen LogP contribution in [0.3, 0.4) is 0 Å². The van der Waals surface area contributed by atoms with Crippen LogP contribution in [-0.4, -0.2) is 20.0 Å². The van der Waals surface area contributed by atoms with Gasteiger partial charge in [0.15, 0.2) is 5.65 Å². The van der Waals surface area contributed by atoms with E-state index in [1.165, 1.54) is 42.9 Å². The minimum atomic E-state index is -0.544. The Morgan fingerprint density at radius 1 is 1.11 bits per heavy atom. The lowest BCUT2D eigenvalue weighted by atomic mass is 10.0. The number of carbonyl (C=O) groups excluding carboxylic acids is 1. The van der Waals surface area contributed by atoms with E-state index in [4.69, 9.17) is 0 Å². The van der Waals surface area contributed by atoms with E-state index in [1.54, 1.807) is 6.20 Å². The largest absolute Gasteiger partial charge is 0.332 e. The summed E-state index contributed by atoms with van der Waals surface area (Å²) in [4.78, 5) is 41.9. The molecule has 2 aromatic heterocycles. The second kappa shape index (κ2) is 6.79. The third-order valence-corrected chi connectivity index (χ3v) is 4.47. The molecule has 0 saturated carbocycles. The second-order valence-corrected chi connectivity index (χ2v) is 6.61. The van der Waals surface area contributed by atoms with Crippen LogP contribution in [0.2, 0.25) is 0 Å². The van der Waals surface area contributed by atoms with Gasteiger partial charge in [-0.3, -0.25) is 18.7 Å². The van der Waals surface area contributed by atoms with Crippen molar-refractivity contribution in [2.24, 2.45) is 14.1 Å². The number of carbonyl (C=O) groups is 1. The van der Waals surface area contributed by atoms with Crippen molar-refractivity contribution in [3.8, 4) is 0 Å². The van der Waals surface area contributed by atoms with Crippen molar-refractivity contribution in [2.45, 2.75) is 19.8 Å². The lowest BCUT2D eigenvalue weighted by molar-refractivity contribution is 0.102. The van der Waals surface area contributed by atoms with Gasteiger partial charge >= 0.3 is 5.69 Å². The smallest absolute Gasteiger partial charge is 0.321 e. The van der Waals surface area contributed by atoms with Gasteiger partial charge in [0.25, 0.3) is 11.5 Å². The van der Waals surface area contributed by atoms with Crippen LogP contribution >= 0.6 is 0 Å². The van der Waals surface area contributed by atoms with Gasteiger partial charge in [-0.1, -0.05) is 13.8 Å². The molecule has 0 aliphatic carbocycles. The molecule has 3 aromatic rings. The summed E-state index contributed by atoms with van der Waals surface area (Å²) >= 11 is 0. The van der Waals surface area contributed by atoms with E-state index in [1.807, 2.05) is 13.8 Å². The molecule has 0 radical (unpaired) electrons. The van der Waals surface area contributed by atoms with Crippen molar-refractivity contribution >= 4 is 22.6 Å². The zero-order valence-electron chi connectivity index (χ0n) is 15.4. The maximum Gasteiger partial charge on any atom is 0.332 e. The molecule has 0 fully saturated rings. The van der Waals surface area contributed by atoms with Gasteiger partial charge in [0.2, 0.25) is 0 Å². The molecule has 0 atom stereocenters. The van der Waals surface area contributed by atoms with Crippen LogP contribution in [0.5, 0.6) is 0 Å². The summed E-state index contributed by atoms with van der Waals surface area (Å²) in [7, 11) is 2.88. The first-order valence-corrected chi connectivity index (χ1v) is 8.38. The van der Waals surface area contributed by atoms with Crippen LogP contribution in [-0.2, 0) is 14.1 Å². The summed E-state index contributed by atoms with van der Waals surface area (Å²) in [5.74, 6) is -0.972. The van der Waals surface area contributed by atoms with E-state index >= 15 is 0 Å². The molecule has 0 bridgehead atoms. The minimum absolute atomic E-state index is 0.0349. The van der Waals surface area contributed by atoms with Crippen LogP contribution in [0, 0.1) is 5.82 Å². The van der Waals surface area contributed by atoms with Gasteiger partial charge in [-0.2, -0.15) is 0 Å². The summed E-state index contributed by atoms with van der Waals surface area (Å²) in [5.41, 5.74) is 0.347. The quantitative estimate of drug-likeness (QED) is 0.765. The number of benzene rings is 1. The topological polar surface area (TPSA) is 86.0 Å². The van der Waals surface area contributed by atoms with E-state index in [-0.39, 0.29) is 22.5 Å². The van der Waals surface area contributed by atoms with Crippen molar-refractivity contribution < 1.29 is 9.18 Å². The molecule has 27 heavy (non-hydrogen) atoms. The molecule has 0 unspecified atom stereocenters. The minimum Gasteiger partial charge on any atom is -0.321 e. The Labute approximate surface area is 154 Å². The van der Waals surface area contributed by atoms with E-state index in [2.05, 4.69) is 10.3 Å². The number of rotatable bonds is 3. The maximum absolute atomic E-state index is 13.1. The number of nitrogens with one attached hydrogen (secondary N) is 1. The molecule has 0 aliphatic rings. The highest BCUT2D eigenvalue weighted by molar-refractivity contribution is 6.09. The van der Waals surface area contributed by atoms with Gasteiger partial charge < -0.3 is 5.32 Å². The lowest BCUT2D eigenvalue weighted by Crippen LogP contribution is -2.38. The van der Waals surface area contributed by atoms with Gasteiger partial charge in [0.05, 0.1) is 5.69 Å². The Balaban J connectivity index is 2.27. The molecule has 7 nitrogen and oxygen atoms in total. The average molecular weight is 370 g/mol. The van der Waals surface area contributed by atoms with Crippen molar-refractivity contribution in [2.75, 3.05) is 5.32 Å². The number of aryl methyl sites for hydroxylation is 1.